The quantitative estimate of drug-likeness (QED) is 0.896. The molecule has 18 heavy (non-hydrogen) atoms. The summed E-state index contributed by atoms with van der Waals surface area (Å²) in [6.45, 7) is 1.98. The molecule has 0 amide bonds. The van der Waals surface area contributed by atoms with Gasteiger partial charge in [-0.1, -0.05) is 36.3 Å². The Morgan fingerprint density at radius 3 is 2.61 bits per heavy atom. The zero-order valence-corrected chi connectivity index (χ0v) is 10.5. The van der Waals surface area contributed by atoms with Crippen LogP contribution in [-0.2, 0) is 6.42 Å². The lowest BCUT2D eigenvalue weighted by Gasteiger charge is -2.08. The minimum atomic E-state index is -0.303. The molecule has 4 nitrogen and oxygen atoms in total. The number of aromatic nitrogens is 2. The average molecular weight is 243 g/mol. The Labute approximate surface area is 106 Å². The molecule has 0 bridgehead atoms. The molecule has 1 aliphatic carbocycles. The molecule has 94 valence electrons. The van der Waals surface area contributed by atoms with E-state index in [9.17, 15) is 0 Å². The molecular formula is C14H17N3O. The van der Waals surface area contributed by atoms with E-state index in [1.54, 1.807) is 0 Å². The maximum atomic E-state index is 6.14. The Morgan fingerprint density at radius 2 is 2.06 bits per heavy atom. The molecule has 0 radical (unpaired) electrons. The topological polar surface area (TPSA) is 64.9 Å². The van der Waals surface area contributed by atoms with Crippen LogP contribution in [0.1, 0.15) is 54.6 Å². The van der Waals surface area contributed by atoms with Gasteiger partial charge in [0.1, 0.15) is 0 Å². The van der Waals surface area contributed by atoms with Gasteiger partial charge in [-0.2, -0.15) is 4.98 Å². The molecular weight excluding hydrogens is 226 g/mol. The Morgan fingerprint density at radius 1 is 1.33 bits per heavy atom. The van der Waals surface area contributed by atoms with E-state index in [2.05, 4.69) is 34.4 Å². The molecule has 1 aromatic carbocycles. The number of hydrogen-bond donors (Lipinski definition) is 1. The summed E-state index contributed by atoms with van der Waals surface area (Å²) in [6.07, 6.45) is 3.37. The molecule has 1 heterocycles. The third kappa shape index (κ3) is 2.16. The molecule has 4 heteroatoms. The van der Waals surface area contributed by atoms with Crippen LogP contribution in [0.3, 0.4) is 0 Å². The van der Waals surface area contributed by atoms with Crippen LogP contribution in [0.15, 0.2) is 28.8 Å². The second kappa shape index (κ2) is 4.53. The first-order valence-electron chi connectivity index (χ1n) is 6.46. The molecule has 2 N–H and O–H groups in total. The Kier molecular flexibility index (Phi) is 2.88. The van der Waals surface area contributed by atoms with Crippen molar-refractivity contribution in [2.24, 2.45) is 5.73 Å². The van der Waals surface area contributed by atoms with E-state index in [-0.39, 0.29) is 6.04 Å². The van der Waals surface area contributed by atoms with Crippen LogP contribution >= 0.6 is 0 Å². The first kappa shape index (κ1) is 11.4. The second-order valence-electron chi connectivity index (χ2n) is 4.82. The van der Waals surface area contributed by atoms with Crippen LogP contribution in [0, 0.1) is 0 Å². The van der Waals surface area contributed by atoms with E-state index in [1.807, 2.05) is 6.92 Å². The van der Waals surface area contributed by atoms with Crippen LogP contribution < -0.4 is 5.73 Å². The van der Waals surface area contributed by atoms with Crippen molar-refractivity contribution >= 4 is 0 Å². The van der Waals surface area contributed by atoms with E-state index >= 15 is 0 Å². The van der Waals surface area contributed by atoms with E-state index < -0.39 is 0 Å². The lowest BCUT2D eigenvalue weighted by atomic mass is 10.0. The van der Waals surface area contributed by atoms with Crippen LogP contribution in [0.5, 0.6) is 0 Å². The van der Waals surface area contributed by atoms with Gasteiger partial charge in [0.15, 0.2) is 5.82 Å². The summed E-state index contributed by atoms with van der Waals surface area (Å²) in [5, 5.41) is 3.92. The standard InChI is InChI=1S/C14H17N3O/c1-2-12-16-14(17-18-12)13(15)11-7-5-10(6-8-11)9-3-4-9/h5-9,13H,2-4,15H2,1H3. The van der Waals surface area contributed by atoms with Crippen molar-refractivity contribution in [1.82, 2.24) is 10.1 Å². The van der Waals surface area contributed by atoms with Crippen LogP contribution in [0.4, 0.5) is 0 Å². The zero-order chi connectivity index (χ0) is 12.5. The van der Waals surface area contributed by atoms with Crippen molar-refractivity contribution in [1.29, 1.82) is 0 Å². The van der Waals surface area contributed by atoms with E-state index in [1.165, 1.54) is 18.4 Å². The van der Waals surface area contributed by atoms with Crippen LogP contribution in [0.2, 0.25) is 0 Å². The third-order valence-electron chi connectivity index (χ3n) is 3.41. The predicted molar refractivity (Wildman–Crippen MR) is 68.1 cm³/mol. The molecule has 0 saturated heterocycles. The lowest BCUT2D eigenvalue weighted by Crippen LogP contribution is -2.13. The predicted octanol–water partition coefficient (Wildman–Crippen LogP) is 2.56. The van der Waals surface area contributed by atoms with Crippen molar-refractivity contribution in [2.45, 2.75) is 38.1 Å². The maximum absolute atomic E-state index is 6.14. The van der Waals surface area contributed by atoms with Gasteiger partial charge >= 0.3 is 0 Å². The van der Waals surface area contributed by atoms with E-state index in [4.69, 9.17) is 10.3 Å². The largest absolute Gasteiger partial charge is 0.339 e. The van der Waals surface area contributed by atoms with Gasteiger partial charge in [0, 0.05) is 6.42 Å². The van der Waals surface area contributed by atoms with Gasteiger partial charge in [-0.15, -0.1) is 0 Å². The lowest BCUT2D eigenvalue weighted by molar-refractivity contribution is 0.375. The summed E-state index contributed by atoms with van der Waals surface area (Å²) in [5.74, 6) is 1.97. The molecule has 1 fully saturated rings. The fourth-order valence-electron chi connectivity index (χ4n) is 2.08. The van der Waals surface area contributed by atoms with Crippen LogP contribution in [-0.4, -0.2) is 10.1 Å². The highest BCUT2D eigenvalue weighted by atomic mass is 16.5. The highest BCUT2D eigenvalue weighted by molar-refractivity contribution is 5.31. The molecule has 1 unspecified atom stereocenters. The van der Waals surface area contributed by atoms with Gasteiger partial charge in [0.2, 0.25) is 5.89 Å². The van der Waals surface area contributed by atoms with E-state index in [0.29, 0.717) is 11.7 Å². The smallest absolute Gasteiger partial charge is 0.226 e. The van der Waals surface area contributed by atoms with Crippen molar-refractivity contribution in [3.63, 3.8) is 0 Å². The molecule has 1 saturated carbocycles. The third-order valence-corrected chi connectivity index (χ3v) is 3.41. The monoisotopic (exact) mass is 243 g/mol. The molecule has 0 aliphatic heterocycles. The average Bonchev–Trinajstić information content (AvgIpc) is 3.16. The number of nitrogens with zero attached hydrogens (tertiary/aromatic N) is 2. The number of rotatable bonds is 4. The van der Waals surface area contributed by atoms with Crippen molar-refractivity contribution in [2.75, 3.05) is 0 Å². The highest BCUT2D eigenvalue weighted by Gasteiger charge is 2.23. The minimum Gasteiger partial charge on any atom is -0.339 e. The summed E-state index contributed by atoms with van der Waals surface area (Å²) < 4.78 is 5.09. The number of aryl methyl sites for hydroxylation is 1. The van der Waals surface area contributed by atoms with Gasteiger partial charge < -0.3 is 10.3 Å². The summed E-state index contributed by atoms with van der Waals surface area (Å²) in [5.41, 5.74) is 8.58. The number of hydrogen-bond acceptors (Lipinski definition) is 4. The van der Waals surface area contributed by atoms with Crippen molar-refractivity contribution in [3.05, 3.63) is 47.1 Å². The highest BCUT2D eigenvalue weighted by Crippen LogP contribution is 2.40. The molecule has 1 atom stereocenters. The summed E-state index contributed by atoms with van der Waals surface area (Å²) in [6, 6.07) is 8.16. The Bertz CT molecular complexity index is 528. The summed E-state index contributed by atoms with van der Waals surface area (Å²) >= 11 is 0. The number of nitrogens with two attached hydrogens (primary N) is 1. The maximum Gasteiger partial charge on any atom is 0.226 e. The Hall–Kier alpha value is -1.68. The second-order valence-corrected chi connectivity index (χ2v) is 4.82. The first-order valence-corrected chi connectivity index (χ1v) is 6.46. The molecule has 1 aliphatic rings. The molecule has 0 spiro atoms. The molecule has 1 aromatic heterocycles. The molecule has 2 aromatic rings. The van der Waals surface area contributed by atoms with Crippen LogP contribution in [0.25, 0.3) is 0 Å². The van der Waals surface area contributed by atoms with Gasteiger partial charge in [-0.05, 0) is 29.9 Å². The normalized spacial score (nSPS) is 16.8. The van der Waals surface area contributed by atoms with Crippen molar-refractivity contribution in [3.8, 4) is 0 Å². The van der Waals surface area contributed by atoms with Gasteiger partial charge in [-0.3, -0.25) is 0 Å². The fraction of sp³-hybridized carbons (Fsp3) is 0.429. The summed E-state index contributed by atoms with van der Waals surface area (Å²) in [7, 11) is 0. The van der Waals surface area contributed by atoms with Crippen molar-refractivity contribution < 1.29 is 4.52 Å². The Balaban J connectivity index is 1.80. The van der Waals surface area contributed by atoms with Gasteiger partial charge in [0.05, 0.1) is 6.04 Å². The number of benzene rings is 1. The van der Waals surface area contributed by atoms with Gasteiger partial charge in [-0.25, -0.2) is 0 Å². The fourth-order valence-corrected chi connectivity index (χ4v) is 2.08. The molecule has 3 rings (SSSR count). The zero-order valence-electron chi connectivity index (χ0n) is 10.5. The SMILES string of the molecule is CCc1nc(C(N)c2ccc(C3CC3)cc2)no1. The van der Waals surface area contributed by atoms with E-state index in [0.717, 1.165) is 17.9 Å². The first-order chi connectivity index (χ1) is 8.78. The minimum absolute atomic E-state index is 0.303. The van der Waals surface area contributed by atoms with Gasteiger partial charge in [0.25, 0.3) is 0 Å². The summed E-state index contributed by atoms with van der Waals surface area (Å²) in [4.78, 5) is 4.27.